The van der Waals surface area contributed by atoms with E-state index in [-0.39, 0.29) is 5.69 Å². The van der Waals surface area contributed by atoms with Crippen molar-refractivity contribution >= 4 is 10.1 Å². The fourth-order valence-corrected chi connectivity index (χ4v) is 1.16. The third-order valence-corrected chi connectivity index (χ3v) is 1.66. The fraction of sp³-hybridized carbons (Fsp3) is 0.167. The third kappa shape index (κ3) is 3.10. The van der Waals surface area contributed by atoms with E-state index in [1.165, 1.54) is 6.07 Å². The van der Waals surface area contributed by atoms with Crippen LogP contribution < -0.4 is 0 Å². The van der Waals surface area contributed by atoms with Crippen LogP contribution in [-0.2, 0) is 15.9 Å². The first-order valence-corrected chi connectivity index (χ1v) is 4.46. The van der Waals surface area contributed by atoms with Crippen LogP contribution in [0.15, 0.2) is 18.2 Å². The van der Waals surface area contributed by atoms with Crippen LogP contribution in [0.3, 0.4) is 0 Å². The quantitative estimate of drug-likeness (QED) is 0.650. The zero-order valence-electron chi connectivity index (χ0n) is 5.56. The van der Waals surface area contributed by atoms with Crippen molar-refractivity contribution in [3.8, 4) is 0 Å². The summed E-state index contributed by atoms with van der Waals surface area (Å²) in [6.07, 6.45) is 2.46. The summed E-state index contributed by atoms with van der Waals surface area (Å²) in [7, 11) is -3.96. The van der Waals surface area contributed by atoms with Crippen LogP contribution in [0.2, 0.25) is 0 Å². The van der Waals surface area contributed by atoms with Crippen molar-refractivity contribution in [3.63, 3.8) is 0 Å². The Balaban J connectivity index is 2.82. The maximum Gasteiger partial charge on any atom is 0.270 e. The second-order valence-electron chi connectivity index (χ2n) is 1.98. The molecule has 4 nitrogen and oxygen atoms in total. The van der Waals surface area contributed by atoms with Crippen molar-refractivity contribution in [1.82, 2.24) is 4.98 Å². The second-order valence-corrected chi connectivity index (χ2v) is 3.44. The van der Waals surface area contributed by atoms with Crippen molar-refractivity contribution in [2.75, 3.05) is 0 Å². The maximum atomic E-state index is 10.3. The molecule has 59 valence electrons. The van der Waals surface area contributed by atoms with Gasteiger partial charge in [-0.1, -0.05) is 6.07 Å². The molecule has 1 heterocycles. The minimum Gasteiger partial charge on any atom is -0.285 e. The highest BCUT2D eigenvalue weighted by molar-refractivity contribution is 7.84. The lowest BCUT2D eigenvalue weighted by Crippen LogP contribution is -2.02. The first kappa shape index (κ1) is 8.16. The van der Waals surface area contributed by atoms with E-state index in [1.54, 1.807) is 12.1 Å². The van der Waals surface area contributed by atoms with E-state index in [2.05, 4.69) is 11.2 Å². The molecule has 1 rings (SSSR count). The summed E-state index contributed by atoms with van der Waals surface area (Å²) in [5.41, 5.74) is 0.287. The first-order chi connectivity index (χ1) is 5.08. The predicted molar refractivity (Wildman–Crippen MR) is 38.3 cm³/mol. The van der Waals surface area contributed by atoms with Crippen LogP contribution in [-0.4, -0.2) is 18.0 Å². The topological polar surface area (TPSA) is 67.3 Å². The van der Waals surface area contributed by atoms with Crippen LogP contribution in [0, 0.1) is 6.20 Å². The Labute approximate surface area is 64.6 Å². The van der Waals surface area contributed by atoms with Gasteiger partial charge in [-0.25, -0.2) is 0 Å². The fourth-order valence-electron chi connectivity index (χ4n) is 0.627. The molecular weight excluding hydrogens is 166 g/mol. The van der Waals surface area contributed by atoms with Gasteiger partial charge in [0.15, 0.2) is 0 Å². The van der Waals surface area contributed by atoms with Gasteiger partial charge in [0.25, 0.3) is 10.1 Å². The van der Waals surface area contributed by atoms with E-state index in [0.717, 1.165) is 0 Å². The molecule has 0 aliphatic carbocycles. The van der Waals surface area contributed by atoms with Gasteiger partial charge in [-0.05, 0) is 12.1 Å². The largest absolute Gasteiger partial charge is 0.285 e. The van der Waals surface area contributed by atoms with Crippen LogP contribution >= 0.6 is 0 Å². The van der Waals surface area contributed by atoms with E-state index in [1.807, 2.05) is 0 Å². The molecule has 5 heteroatoms. The number of hydrogen-bond acceptors (Lipinski definition) is 3. The summed E-state index contributed by atoms with van der Waals surface area (Å²) < 4.78 is 29.0. The number of rotatable bonds is 2. The van der Waals surface area contributed by atoms with Gasteiger partial charge in [-0.15, -0.1) is 0 Å². The average molecular weight is 172 g/mol. The summed E-state index contributed by atoms with van der Waals surface area (Å²) in [6, 6.07) is 4.66. The molecule has 0 bridgehead atoms. The summed E-state index contributed by atoms with van der Waals surface area (Å²) >= 11 is 0. The Bertz CT molecular complexity index is 319. The Morgan fingerprint density at radius 3 is 2.82 bits per heavy atom. The minimum atomic E-state index is -3.96. The number of nitrogens with zero attached hydrogens (tertiary/aromatic N) is 1. The molecule has 0 saturated heterocycles. The van der Waals surface area contributed by atoms with Crippen LogP contribution in [0.1, 0.15) is 5.69 Å². The van der Waals surface area contributed by atoms with Gasteiger partial charge in [0.05, 0.1) is 11.9 Å². The standard InChI is InChI=1S/C6H6NO3S/c8-11(9,10)5-6-3-1-2-4-7-6/h1-3H,5H2,(H,8,9,10). The van der Waals surface area contributed by atoms with Crippen molar-refractivity contribution in [3.05, 3.63) is 30.1 Å². The highest BCUT2D eigenvalue weighted by Gasteiger charge is 2.05. The molecule has 0 atom stereocenters. The third-order valence-electron chi connectivity index (χ3n) is 0.998. The molecule has 11 heavy (non-hydrogen) atoms. The number of pyridine rings is 1. The molecule has 0 aliphatic rings. The van der Waals surface area contributed by atoms with Crippen molar-refractivity contribution < 1.29 is 13.0 Å². The van der Waals surface area contributed by atoms with E-state index in [0.29, 0.717) is 0 Å². The normalized spacial score (nSPS) is 11.4. The van der Waals surface area contributed by atoms with Gasteiger partial charge in [-0.3, -0.25) is 9.54 Å². The second kappa shape index (κ2) is 2.98. The predicted octanol–water partition coefficient (Wildman–Crippen LogP) is 0.270. The zero-order valence-corrected chi connectivity index (χ0v) is 6.37. The zero-order chi connectivity index (χ0) is 8.32. The van der Waals surface area contributed by atoms with Crippen molar-refractivity contribution in [2.45, 2.75) is 5.75 Å². The summed E-state index contributed by atoms with van der Waals surface area (Å²) in [4.78, 5) is 3.60. The van der Waals surface area contributed by atoms with Gasteiger partial charge in [0.1, 0.15) is 5.75 Å². The Morgan fingerprint density at radius 2 is 2.36 bits per heavy atom. The molecule has 1 aromatic heterocycles. The SMILES string of the molecule is O=S(=O)(O)Cc1ccc[c]n1. The van der Waals surface area contributed by atoms with E-state index in [9.17, 15) is 8.42 Å². The molecule has 1 N–H and O–H groups in total. The van der Waals surface area contributed by atoms with E-state index >= 15 is 0 Å². The monoisotopic (exact) mass is 172 g/mol. The molecule has 0 unspecified atom stereocenters. The molecule has 0 saturated carbocycles. The molecule has 0 aliphatic heterocycles. The van der Waals surface area contributed by atoms with Crippen LogP contribution in [0.25, 0.3) is 0 Å². The average Bonchev–Trinajstić information content (AvgIpc) is 1.85. The summed E-state index contributed by atoms with van der Waals surface area (Å²) in [6.45, 7) is 0. The van der Waals surface area contributed by atoms with Gasteiger partial charge in [0.2, 0.25) is 0 Å². The maximum absolute atomic E-state index is 10.3. The lowest BCUT2D eigenvalue weighted by molar-refractivity contribution is 0.481. The smallest absolute Gasteiger partial charge is 0.270 e. The highest BCUT2D eigenvalue weighted by Crippen LogP contribution is 1.98. The molecule has 0 fully saturated rings. The minimum absolute atomic E-state index is 0.287. The summed E-state index contributed by atoms with van der Waals surface area (Å²) in [5.74, 6) is -0.454. The van der Waals surface area contributed by atoms with Gasteiger partial charge in [0, 0.05) is 0 Å². The van der Waals surface area contributed by atoms with Gasteiger partial charge in [-0.2, -0.15) is 8.42 Å². The van der Waals surface area contributed by atoms with E-state index in [4.69, 9.17) is 4.55 Å². The first-order valence-electron chi connectivity index (χ1n) is 2.85. The lowest BCUT2D eigenvalue weighted by atomic mass is 10.4. The molecule has 0 spiro atoms. The van der Waals surface area contributed by atoms with Gasteiger partial charge < -0.3 is 0 Å². The lowest BCUT2D eigenvalue weighted by Gasteiger charge is -1.93. The van der Waals surface area contributed by atoms with Crippen LogP contribution in [0.4, 0.5) is 0 Å². The summed E-state index contributed by atoms with van der Waals surface area (Å²) in [5, 5.41) is 0. The van der Waals surface area contributed by atoms with E-state index < -0.39 is 15.9 Å². The molecule has 1 radical (unpaired) electrons. The number of aromatic nitrogens is 1. The molecule has 0 aromatic carbocycles. The van der Waals surface area contributed by atoms with Gasteiger partial charge >= 0.3 is 0 Å². The Kier molecular flexibility index (Phi) is 2.21. The van der Waals surface area contributed by atoms with Crippen LogP contribution in [0.5, 0.6) is 0 Å². The Morgan fingerprint density at radius 1 is 1.64 bits per heavy atom. The number of hydrogen-bond donors (Lipinski definition) is 1. The Hall–Kier alpha value is -0.940. The van der Waals surface area contributed by atoms with Crippen molar-refractivity contribution in [2.24, 2.45) is 0 Å². The molecular formula is C6H6NO3S. The molecule has 0 amide bonds. The highest BCUT2D eigenvalue weighted by atomic mass is 32.2. The molecule has 1 aromatic rings. The van der Waals surface area contributed by atoms with Crippen molar-refractivity contribution in [1.29, 1.82) is 0 Å².